The first kappa shape index (κ1) is 17.3. The lowest BCUT2D eigenvalue weighted by Crippen LogP contribution is -2.44. The summed E-state index contributed by atoms with van der Waals surface area (Å²) in [6, 6.07) is 4.76. The first-order valence-corrected chi connectivity index (χ1v) is 9.17. The summed E-state index contributed by atoms with van der Waals surface area (Å²) >= 11 is 6.07. The zero-order valence-corrected chi connectivity index (χ0v) is 15.3. The minimum absolute atomic E-state index is 0.155. The highest BCUT2D eigenvalue weighted by Crippen LogP contribution is 2.39. The second kappa shape index (κ2) is 6.55. The molecule has 1 saturated carbocycles. The molecule has 1 amide bonds. The predicted molar refractivity (Wildman–Crippen MR) is 95.0 cm³/mol. The molecule has 1 atom stereocenters. The minimum Gasteiger partial charge on any atom is -0.496 e. The van der Waals surface area contributed by atoms with Crippen LogP contribution < -0.4 is 10.5 Å². The number of amides is 1. The van der Waals surface area contributed by atoms with E-state index in [0.29, 0.717) is 34.6 Å². The van der Waals surface area contributed by atoms with Crippen LogP contribution in [0.1, 0.15) is 60.2 Å². The van der Waals surface area contributed by atoms with E-state index in [4.69, 9.17) is 26.6 Å². The molecule has 2 heterocycles. The molecule has 0 bridgehead atoms. The molecule has 1 aromatic carbocycles. The summed E-state index contributed by atoms with van der Waals surface area (Å²) in [5, 5.41) is 4.56. The Morgan fingerprint density at radius 3 is 2.92 bits per heavy atom. The van der Waals surface area contributed by atoms with Crippen LogP contribution in [0, 0.1) is 0 Å². The Hall–Kier alpha value is -2.12. The van der Waals surface area contributed by atoms with Crippen LogP contribution in [-0.2, 0) is 5.54 Å². The first-order valence-electron chi connectivity index (χ1n) is 8.79. The molecule has 2 fully saturated rings. The molecular weight excluding hydrogens is 356 g/mol. The summed E-state index contributed by atoms with van der Waals surface area (Å²) in [6.45, 7) is 0.616. The molecule has 2 aromatic rings. The van der Waals surface area contributed by atoms with Gasteiger partial charge in [0, 0.05) is 11.6 Å². The predicted octanol–water partition coefficient (Wildman–Crippen LogP) is 3.05. The third-order valence-corrected chi connectivity index (χ3v) is 5.56. The fourth-order valence-electron chi connectivity index (χ4n) is 3.62. The molecule has 1 aromatic heterocycles. The van der Waals surface area contributed by atoms with E-state index in [1.807, 2.05) is 0 Å². The zero-order valence-electron chi connectivity index (χ0n) is 14.6. The summed E-state index contributed by atoms with van der Waals surface area (Å²) in [5.74, 6) is 1.33. The van der Waals surface area contributed by atoms with Crippen molar-refractivity contribution < 1.29 is 14.1 Å². The number of nitrogens with zero attached hydrogens (tertiary/aromatic N) is 3. The van der Waals surface area contributed by atoms with E-state index in [1.165, 1.54) is 7.11 Å². The van der Waals surface area contributed by atoms with Crippen molar-refractivity contribution in [2.24, 2.45) is 5.73 Å². The number of carbonyl (C=O) groups excluding carboxylic acids is 1. The van der Waals surface area contributed by atoms with Crippen LogP contribution in [0.5, 0.6) is 5.75 Å². The topological polar surface area (TPSA) is 94.5 Å². The lowest BCUT2D eigenvalue weighted by atomic mass is 9.77. The fourth-order valence-corrected chi connectivity index (χ4v) is 3.79. The number of methoxy groups -OCH3 is 1. The maximum atomic E-state index is 13.1. The van der Waals surface area contributed by atoms with Gasteiger partial charge in [0.25, 0.3) is 5.91 Å². The zero-order chi connectivity index (χ0) is 18.3. The van der Waals surface area contributed by atoms with Gasteiger partial charge >= 0.3 is 0 Å². The van der Waals surface area contributed by atoms with Crippen LogP contribution in [-0.4, -0.2) is 34.6 Å². The molecule has 26 heavy (non-hydrogen) atoms. The second-order valence-electron chi connectivity index (χ2n) is 6.97. The smallest absolute Gasteiger partial charge is 0.258 e. The van der Waals surface area contributed by atoms with Gasteiger partial charge in [0.1, 0.15) is 11.8 Å². The van der Waals surface area contributed by atoms with Crippen molar-refractivity contribution in [1.82, 2.24) is 15.0 Å². The highest BCUT2D eigenvalue weighted by Gasteiger charge is 2.41. The van der Waals surface area contributed by atoms with Crippen molar-refractivity contribution in [3.05, 3.63) is 40.5 Å². The molecule has 0 radical (unpaired) electrons. The number of halogens is 1. The summed E-state index contributed by atoms with van der Waals surface area (Å²) in [4.78, 5) is 19.4. The largest absolute Gasteiger partial charge is 0.496 e. The van der Waals surface area contributed by atoms with Crippen molar-refractivity contribution in [3.8, 4) is 5.75 Å². The van der Waals surface area contributed by atoms with Crippen molar-refractivity contribution in [1.29, 1.82) is 0 Å². The third kappa shape index (κ3) is 2.85. The van der Waals surface area contributed by atoms with E-state index in [2.05, 4.69) is 10.1 Å². The van der Waals surface area contributed by atoms with Crippen molar-refractivity contribution in [2.75, 3.05) is 13.7 Å². The van der Waals surface area contributed by atoms with Crippen LogP contribution in [0.25, 0.3) is 0 Å². The molecule has 1 aliphatic carbocycles. The quantitative estimate of drug-likeness (QED) is 0.881. The molecule has 8 heteroatoms. The van der Waals surface area contributed by atoms with Gasteiger partial charge in [-0.25, -0.2) is 0 Å². The summed E-state index contributed by atoms with van der Waals surface area (Å²) in [6.07, 6.45) is 4.43. The Labute approximate surface area is 156 Å². The SMILES string of the molecule is COc1ccc(Cl)cc1C(=O)N1CCCC1c1nc(C2(N)CCC2)no1. The highest BCUT2D eigenvalue weighted by molar-refractivity contribution is 6.31. The highest BCUT2D eigenvalue weighted by atomic mass is 35.5. The van der Waals surface area contributed by atoms with E-state index >= 15 is 0 Å². The van der Waals surface area contributed by atoms with Gasteiger partial charge in [0.05, 0.1) is 18.2 Å². The van der Waals surface area contributed by atoms with Crippen LogP contribution >= 0.6 is 11.6 Å². The fraction of sp³-hybridized carbons (Fsp3) is 0.500. The van der Waals surface area contributed by atoms with Gasteiger partial charge in [-0.15, -0.1) is 0 Å². The standard InChI is InChI=1S/C18H21ClN4O3/c1-25-14-6-5-11(19)10-12(14)16(24)23-9-2-4-13(23)15-21-17(22-26-15)18(20)7-3-8-18/h5-6,10,13H,2-4,7-9,20H2,1H3. The average molecular weight is 377 g/mol. The van der Waals surface area contributed by atoms with E-state index in [1.54, 1.807) is 23.1 Å². The second-order valence-corrected chi connectivity index (χ2v) is 7.40. The number of carbonyl (C=O) groups is 1. The Morgan fingerprint density at radius 2 is 2.23 bits per heavy atom. The van der Waals surface area contributed by atoms with Crippen LogP contribution in [0.3, 0.4) is 0 Å². The molecule has 2 N–H and O–H groups in total. The molecule has 7 nitrogen and oxygen atoms in total. The summed E-state index contributed by atoms with van der Waals surface area (Å²) < 4.78 is 10.8. The monoisotopic (exact) mass is 376 g/mol. The van der Waals surface area contributed by atoms with Crippen molar-refractivity contribution >= 4 is 17.5 Å². The van der Waals surface area contributed by atoms with E-state index < -0.39 is 5.54 Å². The lowest BCUT2D eigenvalue weighted by molar-refractivity contribution is 0.0706. The lowest BCUT2D eigenvalue weighted by Gasteiger charge is -2.34. The van der Waals surface area contributed by atoms with E-state index in [-0.39, 0.29) is 11.9 Å². The van der Waals surface area contributed by atoms with Crippen molar-refractivity contribution in [2.45, 2.75) is 43.7 Å². The number of aromatic nitrogens is 2. The molecule has 2 aliphatic rings. The maximum absolute atomic E-state index is 13.1. The molecule has 1 saturated heterocycles. The minimum atomic E-state index is -0.481. The van der Waals surface area contributed by atoms with Gasteiger partial charge in [-0.3, -0.25) is 4.79 Å². The maximum Gasteiger partial charge on any atom is 0.258 e. The first-order chi connectivity index (χ1) is 12.5. The molecule has 138 valence electrons. The number of hydrogen-bond acceptors (Lipinski definition) is 6. The number of hydrogen-bond donors (Lipinski definition) is 1. The normalized spacial score (nSPS) is 21.5. The van der Waals surface area contributed by atoms with Gasteiger partial charge < -0.3 is 19.9 Å². The number of ether oxygens (including phenoxy) is 1. The average Bonchev–Trinajstić information content (AvgIpc) is 3.28. The third-order valence-electron chi connectivity index (χ3n) is 5.32. The van der Waals surface area contributed by atoms with Gasteiger partial charge in [0.2, 0.25) is 5.89 Å². The Kier molecular flexibility index (Phi) is 4.36. The van der Waals surface area contributed by atoms with Gasteiger partial charge in [-0.1, -0.05) is 16.8 Å². The van der Waals surface area contributed by atoms with Crippen LogP contribution in [0.4, 0.5) is 0 Å². The molecular formula is C18H21ClN4O3. The van der Waals surface area contributed by atoms with E-state index in [0.717, 1.165) is 32.1 Å². The summed E-state index contributed by atoms with van der Waals surface area (Å²) in [7, 11) is 1.53. The summed E-state index contributed by atoms with van der Waals surface area (Å²) in [5.41, 5.74) is 6.23. The van der Waals surface area contributed by atoms with Gasteiger partial charge in [0.15, 0.2) is 5.82 Å². The van der Waals surface area contributed by atoms with Crippen LogP contribution in [0.15, 0.2) is 22.7 Å². The number of benzene rings is 1. The molecule has 1 unspecified atom stereocenters. The van der Waals surface area contributed by atoms with E-state index in [9.17, 15) is 4.79 Å². The van der Waals surface area contributed by atoms with Gasteiger partial charge in [-0.2, -0.15) is 4.98 Å². The van der Waals surface area contributed by atoms with Gasteiger partial charge in [-0.05, 0) is 50.3 Å². The Bertz CT molecular complexity index is 834. The molecule has 0 spiro atoms. The molecule has 4 rings (SSSR count). The number of likely N-dealkylation sites (tertiary alicyclic amines) is 1. The Balaban J connectivity index is 1.61. The van der Waals surface area contributed by atoms with Crippen LogP contribution in [0.2, 0.25) is 5.02 Å². The number of nitrogens with two attached hydrogens (primary N) is 1. The Morgan fingerprint density at radius 1 is 1.42 bits per heavy atom. The number of rotatable bonds is 4. The molecule has 1 aliphatic heterocycles. The van der Waals surface area contributed by atoms with Crippen molar-refractivity contribution in [3.63, 3.8) is 0 Å².